The Balaban J connectivity index is 1.58. The van der Waals surface area contributed by atoms with Crippen molar-refractivity contribution in [1.82, 2.24) is 19.5 Å². The number of para-hydroxylation sites is 2. The Morgan fingerprint density at radius 1 is 1.17 bits per heavy atom. The number of hydrogen-bond acceptors (Lipinski definition) is 5. The highest BCUT2D eigenvalue weighted by molar-refractivity contribution is 5.90. The van der Waals surface area contributed by atoms with E-state index >= 15 is 0 Å². The topological polar surface area (TPSA) is 69.9 Å². The predicted molar refractivity (Wildman–Crippen MR) is 90.9 cm³/mol. The number of carbonyl (C=O) groups excluding carboxylic acids is 1. The van der Waals surface area contributed by atoms with Crippen molar-refractivity contribution in [2.75, 3.05) is 6.61 Å². The van der Waals surface area contributed by atoms with E-state index in [1.54, 1.807) is 13.8 Å². The lowest BCUT2D eigenvalue weighted by Crippen LogP contribution is -2.12. The number of aryl methyl sites for hydroxylation is 4. The first-order chi connectivity index (χ1) is 11.6. The first-order valence-corrected chi connectivity index (χ1v) is 7.95. The molecule has 6 nitrogen and oxygen atoms in total. The zero-order valence-electron chi connectivity index (χ0n) is 14.1. The van der Waals surface area contributed by atoms with Crippen molar-refractivity contribution in [3.63, 3.8) is 0 Å². The largest absolute Gasteiger partial charge is 0.462 e. The van der Waals surface area contributed by atoms with Crippen LogP contribution in [0.15, 0.2) is 30.5 Å². The van der Waals surface area contributed by atoms with Crippen molar-refractivity contribution in [2.45, 2.75) is 33.7 Å². The molecule has 2 aromatic heterocycles. The summed E-state index contributed by atoms with van der Waals surface area (Å²) in [4.78, 5) is 24.9. The summed E-state index contributed by atoms with van der Waals surface area (Å²) in [5.41, 5.74) is 3.15. The molecule has 124 valence electrons. The molecule has 0 saturated carbocycles. The molecule has 0 aliphatic rings. The van der Waals surface area contributed by atoms with Crippen LogP contribution in [0.3, 0.4) is 0 Å². The highest BCUT2D eigenvalue weighted by Crippen LogP contribution is 2.16. The summed E-state index contributed by atoms with van der Waals surface area (Å²) >= 11 is 0. The Morgan fingerprint density at radius 2 is 1.96 bits per heavy atom. The van der Waals surface area contributed by atoms with E-state index in [4.69, 9.17) is 4.74 Å². The molecular formula is C18H20N4O2. The van der Waals surface area contributed by atoms with Gasteiger partial charge < -0.3 is 9.30 Å². The van der Waals surface area contributed by atoms with Crippen molar-refractivity contribution in [3.8, 4) is 0 Å². The van der Waals surface area contributed by atoms with Crippen LogP contribution in [0.1, 0.15) is 34.1 Å². The van der Waals surface area contributed by atoms with Crippen LogP contribution in [0, 0.1) is 20.8 Å². The van der Waals surface area contributed by atoms with Gasteiger partial charge in [-0.05, 0) is 39.3 Å². The molecule has 1 aromatic carbocycles. The minimum atomic E-state index is -0.375. The van der Waals surface area contributed by atoms with Crippen LogP contribution < -0.4 is 0 Å². The number of aromatic nitrogens is 4. The molecule has 0 N–H and O–H groups in total. The maximum atomic E-state index is 12.1. The van der Waals surface area contributed by atoms with Crippen molar-refractivity contribution in [1.29, 1.82) is 0 Å². The highest BCUT2D eigenvalue weighted by Gasteiger charge is 2.12. The molecule has 3 aromatic rings. The molecule has 0 saturated heterocycles. The van der Waals surface area contributed by atoms with Gasteiger partial charge in [-0.3, -0.25) is 0 Å². The number of benzene rings is 1. The quantitative estimate of drug-likeness (QED) is 0.533. The molecule has 3 rings (SSSR count). The standard InChI is InChI=1S/C18H20N4O2/c1-12-15(11-19-13(2)20-12)18(23)24-10-6-9-22-14(3)21-16-7-4-5-8-17(16)22/h4-5,7-8,11H,6,9-10H2,1-3H3. The van der Waals surface area contributed by atoms with Gasteiger partial charge in [0, 0.05) is 12.7 Å². The number of carbonyl (C=O) groups is 1. The third-order valence-electron chi connectivity index (χ3n) is 3.92. The Bertz CT molecular complexity index is 886. The molecular weight excluding hydrogens is 304 g/mol. The first-order valence-electron chi connectivity index (χ1n) is 7.95. The lowest BCUT2D eigenvalue weighted by atomic mass is 10.2. The van der Waals surface area contributed by atoms with Gasteiger partial charge in [0.05, 0.1) is 28.9 Å². The van der Waals surface area contributed by atoms with Gasteiger partial charge in [0.2, 0.25) is 0 Å². The van der Waals surface area contributed by atoms with E-state index in [0.29, 0.717) is 23.7 Å². The molecule has 0 amide bonds. The van der Waals surface area contributed by atoms with Crippen LogP contribution in [0.25, 0.3) is 11.0 Å². The summed E-state index contributed by atoms with van der Waals surface area (Å²) in [7, 11) is 0. The van der Waals surface area contributed by atoms with Crippen LogP contribution in [-0.2, 0) is 11.3 Å². The lowest BCUT2D eigenvalue weighted by molar-refractivity contribution is 0.0494. The minimum absolute atomic E-state index is 0.345. The van der Waals surface area contributed by atoms with Crippen LogP contribution >= 0.6 is 0 Å². The second kappa shape index (κ2) is 6.78. The van der Waals surface area contributed by atoms with Crippen molar-refractivity contribution < 1.29 is 9.53 Å². The SMILES string of the molecule is Cc1ncc(C(=O)OCCCn2c(C)nc3ccccc32)c(C)n1. The van der Waals surface area contributed by atoms with Gasteiger partial charge in [0.1, 0.15) is 11.6 Å². The molecule has 0 fully saturated rings. The van der Waals surface area contributed by atoms with E-state index < -0.39 is 0 Å². The number of imidazole rings is 1. The number of fused-ring (bicyclic) bond motifs is 1. The highest BCUT2D eigenvalue weighted by atomic mass is 16.5. The number of rotatable bonds is 5. The molecule has 0 radical (unpaired) electrons. The van der Waals surface area contributed by atoms with Gasteiger partial charge in [0.25, 0.3) is 0 Å². The van der Waals surface area contributed by atoms with Crippen molar-refractivity contribution in [3.05, 3.63) is 53.4 Å². The van der Waals surface area contributed by atoms with Crippen LogP contribution in [-0.4, -0.2) is 32.1 Å². The average molecular weight is 324 g/mol. The lowest BCUT2D eigenvalue weighted by Gasteiger charge is -2.09. The Hall–Kier alpha value is -2.76. The zero-order valence-corrected chi connectivity index (χ0v) is 14.1. The second-order valence-corrected chi connectivity index (χ2v) is 5.71. The van der Waals surface area contributed by atoms with Gasteiger partial charge in [-0.25, -0.2) is 19.7 Å². The number of esters is 1. The number of nitrogens with zero attached hydrogens (tertiary/aromatic N) is 4. The fourth-order valence-electron chi connectivity index (χ4n) is 2.73. The summed E-state index contributed by atoms with van der Waals surface area (Å²) in [6.07, 6.45) is 2.24. The maximum Gasteiger partial charge on any atom is 0.341 e. The van der Waals surface area contributed by atoms with Crippen LogP contribution in [0.5, 0.6) is 0 Å². The molecule has 2 heterocycles. The van der Waals surface area contributed by atoms with Gasteiger partial charge in [-0.1, -0.05) is 12.1 Å². The van der Waals surface area contributed by atoms with Crippen molar-refractivity contribution >= 4 is 17.0 Å². The van der Waals surface area contributed by atoms with Crippen LogP contribution in [0.2, 0.25) is 0 Å². The summed E-state index contributed by atoms with van der Waals surface area (Å²) in [6.45, 7) is 6.66. The molecule has 0 unspecified atom stereocenters. The summed E-state index contributed by atoms with van der Waals surface area (Å²) in [5.74, 6) is 1.23. The van der Waals surface area contributed by atoms with E-state index in [1.807, 2.05) is 31.2 Å². The Kier molecular flexibility index (Phi) is 4.55. The fraction of sp³-hybridized carbons (Fsp3) is 0.333. The number of hydrogen-bond donors (Lipinski definition) is 0. The molecule has 0 spiro atoms. The molecule has 0 bridgehead atoms. The molecule has 24 heavy (non-hydrogen) atoms. The van der Waals surface area contributed by atoms with Gasteiger partial charge in [-0.2, -0.15) is 0 Å². The minimum Gasteiger partial charge on any atom is -0.462 e. The van der Waals surface area contributed by atoms with E-state index in [2.05, 4.69) is 19.5 Å². The Labute approximate surface area is 140 Å². The third kappa shape index (κ3) is 3.27. The van der Waals surface area contributed by atoms with E-state index in [9.17, 15) is 4.79 Å². The predicted octanol–water partition coefficient (Wildman–Crippen LogP) is 3.00. The third-order valence-corrected chi connectivity index (χ3v) is 3.92. The van der Waals surface area contributed by atoms with E-state index in [-0.39, 0.29) is 5.97 Å². The fourth-order valence-corrected chi connectivity index (χ4v) is 2.73. The second-order valence-electron chi connectivity index (χ2n) is 5.71. The zero-order chi connectivity index (χ0) is 17.1. The Morgan fingerprint density at radius 3 is 2.75 bits per heavy atom. The maximum absolute atomic E-state index is 12.1. The summed E-state index contributed by atoms with van der Waals surface area (Å²) in [6, 6.07) is 8.03. The molecule has 6 heteroatoms. The van der Waals surface area contributed by atoms with Gasteiger partial charge in [-0.15, -0.1) is 0 Å². The summed E-state index contributed by atoms with van der Waals surface area (Å²) in [5, 5.41) is 0. The van der Waals surface area contributed by atoms with E-state index in [1.165, 1.54) is 6.20 Å². The van der Waals surface area contributed by atoms with Gasteiger partial charge >= 0.3 is 5.97 Å². The van der Waals surface area contributed by atoms with Gasteiger partial charge in [0.15, 0.2) is 0 Å². The molecule has 0 aliphatic carbocycles. The average Bonchev–Trinajstić information content (AvgIpc) is 2.87. The number of ether oxygens (including phenoxy) is 1. The molecule has 0 aliphatic heterocycles. The van der Waals surface area contributed by atoms with Crippen molar-refractivity contribution in [2.24, 2.45) is 0 Å². The molecule has 0 atom stereocenters. The monoisotopic (exact) mass is 324 g/mol. The first kappa shape index (κ1) is 16.1. The smallest absolute Gasteiger partial charge is 0.341 e. The van der Waals surface area contributed by atoms with E-state index in [0.717, 1.165) is 29.8 Å². The summed E-state index contributed by atoms with van der Waals surface area (Å²) < 4.78 is 7.49. The normalized spacial score (nSPS) is 11.0. The van der Waals surface area contributed by atoms with Crippen LogP contribution in [0.4, 0.5) is 0 Å².